The van der Waals surface area contributed by atoms with Crippen LogP contribution < -0.4 is 0 Å². The maximum Gasteiger partial charge on any atom is 0.475 e. The first kappa shape index (κ1) is 26.6. The van der Waals surface area contributed by atoms with E-state index in [2.05, 4.69) is 5.92 Å². The highest BCUT2D eigenvalue weighted by Gasteiger charge is 2.61. The molecule has 0 aromatic carbocycles. The zero-order valence-electron chi connectivity index (χ0n) is 20.1. The molecule has 0 aromatic rings. The molecule has 3 aliphatic heterocycles. The number of terminal acetylenes is 1. The number of rotatable bonds is 8. The predicted octanol–water partition coefficient (Wildman–Crippen LogP) is 2.82. The summed E-state index contributed by atoms with van der Waals surface area (Å²) in [7, 11) is -4.02. The molecule has 0 N–H and O–H groups in total. The van der Waals surface area contributed by atoms with E-state index >= 15 is 0 Å². The summed E-state index contributed by atoms with van der Waals surface area (Å²) in [4.78, 5) is 37.6. The number of ketones is 1. The number of phosphoric acid groups is 1. The van der Waals surface area contributed by atoms with Gasteiger partial charge in [0.15, 0.2) is 12.0 Å². The first-order chi connectivity index (χ1) is 15.9. The van der Waals surface area contributed by atoms with Crippen molar-refractivity contribution in [2.24, 2.45) is 17.3 Å². The fourth-order valence-electron chi connectivity index (χ4n) is 4.21. The van der Waals surface area contributed by atoms with Crippen molar-refractivity contribution in [2.75, 3.05) is 13.2 Å². The highest BCUT2D eigenvalue weighted by atomic mass is 31.2. The lowest BCUT2D eigenvalue weighted by molar-refractivity contribution is -0.154. The minimum atomic E-state index is -4.02. The number of ether oxygens (including phenoxy) is 2. The van der Waals surface area contributed by atoms with Gasteiger partial charge < -0.3 is 9.47 Å². The van der Waals surface area contributed by atoms with Crippen molar-refractivity contribution in [1.82, 2.24) is 4.90 Å². The predicted molar refractivity (Wildman–Crippen MR) is 120 cm³/mol. The van der Waals surface area contributed by atoms with Crippen molar-refractivity contribution in [1.29, 1.82) is 0 Å². The summed E-state index contributed by atoms with van der Waals surface area (Å²) in [6.07, 6.45) is 5.66. The highest BCUT2D eigenvalue weighted by molar-refractivity contribution is 7.48. The molecule has 1 amide bonds. The Morgan fingerprint density at radius 3 is 2.65 bits per heavy atom. The number of nitrogens with zero attached hydrogens (tertiary/aromatic N) is 1. The van der Waals surface area contributed by atoms with Crippen LogP contribution in [0.5, 0.6) is 0 Å². The van der Waals surface area contributed by atoms with Crippen LogP contribution in [0.1, 0.15) is 47.5 Å². The van der Waals surface area contributed by atoms with Crippen molar-refractivity contribution in [3.63, 3.8) is 0 Å². The number of carbonyl (C=O) groups is 3. The Bertz CT molecular complexity index is 939. The summed E-state index contributed by atoms with van der Waals surface area (Å²) in [5.41, 5.74) is -1.19. The number of allylic oxidation sites excluding steroid dienone is 1. The van der Waals surface area contributed by atoms with E-state index in [1.165, 1.54) is 17.2 Å². The van der Waals surface area contributed by atoms with Crippen LogP contribution in [0.25, 0.3) is 0 Å². The largest absolute Gasteiger partial charge is 0.475 e. The maximum absolute atomic E-state index is 13.2. The summed E-state index contributed by atoms with van der Waals surface area (Å²) in [6.45, 7) is 8.81. The number of phosphoric ester groups is 1. The lowest BCUT2D eigenvalue weighted by atomic mass is 9.82. The van der Waals surface area contributed by atoms with Crippen LogP contribution in [0, 0.1) is 29.6 Å². The fourth-order valence-corrected chi connectivity index (χ4v) is 5.70. The van der Waals surface area contributed by atoms with Crippen LogP contribution in [0.3, 0.4) is 0 Å². The molecule has 0 aliphatic carbocycles. The summed E-state index contributed by atoms with van der Waals surface area (Å²) in [5, 5.41) is 0. The summed E-state index contributed by atoms with van der Waals surface area (Å²) >= 11 is 0. The van der Waals surface area contributed by atoms with Crippen molar-refractivity contribution in [3.8, 4) is 12.3 Å². The minimum absolute atomic E-state index is 0.0101. The van der Waals surface area contributed by atoms with Crippen molar-refractivity contribution in [2.45, 2.75) is 72.0 Å². The molecule has 2 fully saturated rings. The lowest BCUT2D eigenvalue weighted by Crippen LogP contribution is -2.49. The van der Waals surface area contributed by atoms with E-state index in [0.29, 0.717) is 0 Å². The van der Waals surface area contributed by atoms with Crippen molar-refractivity contribution in [3.05, 3.63) is 12.3 Å². The first-order valence-corrected chi connectivity index (χ1v) is 12.8. The second-order valence-corrected chi connectivity index (χ2v) is 11.1. The van der Waals surface area contributed by atoms with E-state index in [9.17, 15) is 18.9 Å². The average molecular weight is 497 g/mol. The van der Waals surface area contributed by atoms with E-state index in [1.54, 1.807) is 20.8 Å². The molecule has 3 rings (SSSR count). The second kappa shape index (κ2) is 10.3. The maximum atomic E-state index is 13.2. The number of hydrogen-bond donors (Lipinski definition) is 0. The van der Waals surface area contributed by atoms with Gasteiger partial charge in [0.05, 0.1) is 31.7 Å². The van der Waals surface area contributed by atoms with Gasteiger partial charge in [0, 0.05) is 6.20 Å². The number of fused-ring (bicyclic) bond motifs is 1. The highest BCUT2D eigenvalue weighted by Crippen LogP contribution is 2.59. The standard InChI is InChI=1S/C23H32NO9P/c1-7-23(6)20-18(32-22(23)24-10-8-16(25)12-19(24)26)13-30-34(28,33-20)29-11-9-17(14(2)3)21(27)31-15(4)5/h1,8,10,14-15,17-18,20,22H,9,11-13H2,2-6H3/t17?,18-,20-,22-,23-,34-/m1/s1. The van der Waals surface area contributed by atoms with Gasteiger partial charge in [0.1, 0.15) is 17.6 Å². The number of amides is 1. The molecule has 0 radical (unpaired) electrons. The average Bonchev–Trinajstić information content (AvgIpc) is 3.02. The molecule has 0 saturated carbocycles. The van der Waals surface area contributed by atoms with E-state index < -0.39 is 43.5 Å². The van der Waals surface area contributed by atoms with Gasteiger partial charge in [-0.25, -0.2) is 4.57 Å². The summed E-state index contributed by atoms with van der Waals surface area (Å²) in [5.74, 6) is 1.06. The van der Waals surface area contributed by atoms with Crippen LogP contribution in [-0.4, -0.2) is 60.3 Å². The Morgan fingerprint density at radius 2 is 2.06 bits per heavy atom. The molecular formula is C23H32NO9P. The molecule has 1 unspecified atom stereocenters. The topological polar surface area (TPSA) is 118 Å². The minimum Gasteiger partial charge on any atom is -0.463 e. The quantitative estimate of drug-likeness (QED) is 0.216. The number of esters is 1. The summed E-state index contributed by atoms with van der Waals surface area (Å²) < 4.78 is 41.1. The normalized spacial score (nSPS) is 34.3. The lowest BCUT2D eigenvalue weighted by Gasteiger charge is -2.37. The SMILES string of the molecule is C#C[C@]1(C)[C@@H]2O[P@](=O)(OCCC(C(=O)OC(C)C)C(C)C)OC[C@H]2O[C@H]1N1C=CC(=O)CC1=O. The molecule has 3 heterocycles. The monoisotopic (exact) mass is 497 g/mol. The van der Waals surface area contributed by atoms with Gasteiger partial charge in [0.25, 0.3) is 0 Å². The van der Waals surface area contributed by atoms with E-state index in [0.717, 1.165) is 0 Å². The van der Waals surface area contributed by atoms with Crippen LogP contribution in [0.4, 0.5) is 0 Å². The Labute approximate surface area is 199 Å². The third-order valence-corrected chi connectivity index (χ3v) is 7.57. The van der Waals surface area contributed by atoms with Gasteiger partial charge in [-0.1, -0.05) is 19.8 Å². The fraction of sp³-hybridized carbons (Fsp3) is 0.696. The molecule has 0 aromatic heterocycles. The van der Waals surface area contributed by atoms with Crippen LogP contribution in [-0.2, 0) is 42.0 Å². The van der Waals surface area contributed by atoms with Gasteiger partial charge in [-0.2, -0.15) is 0 Å². The Hall–Kier alpha value is -2.02. The van der Waals surface area contributed by atoms with Crippen molar-refractivity contribution < 1.29 is 42.0 Å². The smallest absolute Gasteiger partial charge is 0.463 e. The number of hydrogen-bond acceptors (Lipinski definition) is 9. The van der Waals surface area contributed by atoms with E-state index in [1.807, 2.05) is 13.8 Å². The van der Waals surface area contributed by atoms with E-state index in [4.69, 9.17) is 29.5 Å². The molecule has 2 saturated heterocycles. The van der Waals surface area contributed by atoms with Gasteiger partial charge in [-0.15, -0.1) is 6.42 Å². The number of carbonyl (C=O) groups excluding carboxylic acids is 3. The van der Waals surface area contributed by atoms with Crippen LogP contribution in [0.15, 0.2) is 12.3 Å². The molecule has 0 spiro atoms. The molecule has 6 atom stereocenters. The molecule has 3 aliphatic rings. The van der Waals surface area contributed by atoms with Crippen molar-refractivity contribution >= 4 is 25.5 Å². The van der Waals surface area contributed by atoms with Gasteiger partial charge >= 0.3 is 13.8 Å². The zero-order valence-corrected chi connectivity index (χ0v) is 21.0. The second-order valence-electron chi connectivity index (χ2n) is 9.44. The molecule has 10 nitrogen and oxygen atoms in total. The Balaban J connectivity index is 1.68. The molecular weight excluding hydrogens is 465 g/mol. The zero-order chi connectivity index (χ0) is 25.3. The molecule has 0 bridgehead atoms. The molecule has 188 valence electrons. The Kier molecular flexibility index (Phi) is 8.06. The van der Waals surface area contributed by atoms with Crippen LogP contribution in [0.2, 0.25) is 0 Å². The summed E-state index contributed by atoms with van der Waals surface area (Å²) in [6, 6.07) is 0. The van der Waals surface area contributed by atoms with Gasteiger partial charge in [-0.05, 0) is 39.2 Å². The van der Waals surface area contributed by atoms with Gasteiger partial charge in [0.2, 0.25) is 5.91 Å². The molecule has 34 heavy (non-hydrogen) atoms. The van der Waals surface area contributed by atoms with E-state index in [-0.39, 0.29) is 49.8 Å². The Morgan fingerprint density at radius 1 is 1.35 bits per heavy atom. The first-order valence-electron chi connectivity index (χ1n) is 11.3. The third-order valence-electron chi connectivity index (χ3n) is 6.12. The third kappa shape index (κ3) is 5.45. The molecule has 11 heteroatoms. The van der Waals surface area contributed by atoms with Gasteiger partial charge in [-0.3, -0.25) is 32.9 Å². The van der Waals surface area contributed by atoms with Crippen LogP contribution >= 0.6 is 7.82 Å².